The summed E-state index contributed by atoms with van der Waals surface area (Å²) in [5.41, 5.74) is 7.03. The quantitative estimate of drug-likeness (QED) is 0.266. The summed E-state index contributed by atoms with van der Waals surface area (Å²) in [6.07, 6.45) is 1.18. The average molecular weight is 651 g/mol. The predicted molar refractivity (Wildman–Crippen MR) is 150 cm³/mol. The van der Waals surface area contributed by atoms with E-state index in [1.54, 1.807) is 24.3 Å². The maximum absolute atomic E-state index is 12.9. The molecule has 1 aliphatic heterocycles. The zero-order chi connectivity index (χ0) is 26.9. The summed E-state index contributed by atoms with van der Waals surface area (Å²) in [6.45, 7) is 7.71. The largest absolute Gasteiger partial charge is 0.466 e. The van der Waals surface area contributed by atoms with Gasteiger partial charge in [0.15, 0.2) is 5.75 Å². The van der Waals surface area contributed by atoms with Gasteiger partial charge in [-0.05, 0) is 64.6 Å². The molecular weight excluding hydrogens is 631 g/mol. The third kappa shape index (κ3) is 5.98. The van der Waals surface area contributed by atoms with Crippen LogP contribution in [0.1, 0.15) is 28.3 Å². The van der Waals surface area contributed by atoms with Gasteiger partial charge in [-0.25, -0.2) is 13.3 Å². The van der Waals surface area contributed by atoms with Crippen molar-refractivity contribution in [2.24, 2.45) is 5.73 Å². The predicted octanol–water partition coefficient (Wildman–Crippen LogP) is 5.28. The van der Waals surface area contributed by atoms with Gasteiger partial charge in [-0.15, -0.1) is 0 Å². The van der Waals surface area contributed by atoms with Crippen molar-refractivity contribution in [3.63, 3.8) is 0 Å². The smallest absolute Gasteiger partial charge is 0.250 e. The molecular formula is C25H20ClIN4O5S. The molecule has 3 aromatic carbocycles. The molecule has 1 saturated heterocycles. The molecule has 0 spiro atoms. The van der Waals surface area contributed by atoms with Crippen molar-refractivity contribution in [1.29, 1.82) is 0 Å². The number of rotatable bonds is 7. The van der Waals surface area contributed by atoms with E-state index < -0.39 is 15.9 Å². The van der Waals surface area contributed by atoms with Crippen LogP contribution in [0.3, 0.4) is 0 Å². The molecule has 3 aromatic rings. The van der Waals surface area contributed by atoms with E-state index in [1.165, 1.54) is 17.0 Å². The number of carbonyl (C=O) groups is 2. The number of ether oxygens (including phenoxy) is 1. The molecule has 12 heteroatoms. The van der Waals surface area contributed by atoms with Gasteiger partial charge in [0, 0.05) is 24.6 Å². The first-order valence-corrected chi connectivity index (χ1v) is 14.2. The Kier molecular flexibility index (Phi) is 7.63. The number of benzene rings is 3. The highest BCUT2D eigenvalue weighted by Gasteiger charge is 2.32. The summed E-state index contributed by atoms with van der Waals surface area (Å²) >= 11 is 8.40. The van der Waals surface area contributed by atoms with Crippen molar-refractivity contribution in [1.82, 2.24) is 0 Å². The van der Waals surface area contributed by atoms with Crippen LogP contribution >= 0.6 is 34.2 Å². The molecule has 4 rings (SSSR count). The molecule has 0 unspecified atom stereocenters. The van der Waals surface area contributed by atoms with E-state index in [2.05, 4.69) is 32.2 Å². The van der Waals surface area contributed by atoms with E-state index in [9.17, 15) is 18.0 Å². The Morgan fingerprint density at radius 2 is 2.00 bits per heavy atom. The highest BCUT2D eigenvalue weighted by atomic mass is 127. The zero-order valence-electron chi connectivity index (χ0n) is 19.4. The molecule has 2 amide bonds. The first kappa shape index (κ1) is 26.7. The molecule has 0 bridgehead atoms. The number of hydrogen-bond acceptors (Lipinski definition) is 5. The summed E-state index contributed by atoms with van der Waals surface area (Å²) < 4.78 is 32.4. The molecule has 1 aliphatic rings. The highest BCUT2D eigenvalue weighted by molar-refractivity contribution is 14.1. The number of carbonyl (C=O) groups excluding carboxylic acids is 2. The number of sulfonamides is 1. The van der Waals surface area contributed by atoms with Crippen LogP contribution in [0.4, 0.5) is 17.1 Å². The van der Waals surface area contributed by atoms with E-state index in [1.807, 2.05) is 18.2 Å². The van der Waals surface area contributed by atoms with Gasteiger partial charge in [-0.3, -0.25) is 14.3 Å². The Bertz CT molecular complexity index is 1570. The van der Waals surface area contributed by atoms with Crippen LogP contribution in [0, 0.1) is 10.1 Å². The van der Waals surface area contributed by atoms with Gasteiger partial charge in [-0.2, -0.15) is 0 Å². The van der Waals surface area contributed by atoms with Crippen LogP contribution in [0.2, 0.25) is 5.02 Å². The van der Waals surface area contributed by atoms with Gasteiger partial charge in [0.05, 0.1) is 32.7 Å². The number of amides is 2. The monoisotopic (exact) mass is 650 g/mol. The molecule has 3 N–H and O–H groups in total. The molecule has 0 aromatic heterocycles. The summed E-state index contributed by atoms with van der Waals surface area (Å²) in [7, 11) is -3.63. The minimum atomic E-state index is -3.63. The molecule has 0 aliphatic carbocycles. The van der Waals surface area contributed by atoms with Gasteiger partial charge in [0.2, 0.25) is 21.6 Å². The van der Waals surface area contributed by atoms with Crippen LogP contribution < -0.4 is 20.1 Å². The summed E-state index contributed by atoms with van der Waals surface area (Å²) in [6, 6.07) is 14.9. The third-order valence-corrected chi connectivity index (χ3v) is 7.49. The van der Waals surface area contributed by atoms with E-state index in [0.29, 0.717) is 23.0 Å². The van der Waals surface area contributed by atoms with E-state index in [0.717, 1.165) is 15.4 Å². The van der Waals surface area contributed by atoms with Crippen molar-refractivity contribution in [3.05, 3.63) is 85.7 Å². The van der Waals surface area contributed by atoms with E-state index in [4.69, 9.17) is 28.6 Å². The Balaban J connectivity index is 1.61. The summed E-state index contributed by atoms with van der Waals surface area (Å²) in [5.74, 6) is -0.390. The van der Waals surface area contributed by atoms with Gasteiger partial charge in [0.25, 0.3) is 5.91 Å². The van der Waals surface area contributed by atoms with Crippen molar-refractivity contribution in [3.8, 4) is 11.5 Å². The zero-order valence-corrected chi connectivity index (χ0v) is 23.1. The third-order valence-electron chi connectivity index (χ3n) is 5.71. The number of hydrogen-bond donors (Lipinski definition) is 2. The molecule has 1 fully saturated rings. The Hall–Kier alpha value is -3.34. The molecule has 1 heterocycles. The lowest BCUT2D eigenvalue weighted by atomic mass is 9.98. The van der Waals surface area contributed by atoms with Crippen molar-refractivity contribution >= 4 is 73.1 Å². The lowest BCUT2D eigenvalue weighted by Gasteiger charge is -2.19. The summed E-state index contributed by atoms with van der Waals surface area (Å²) in [5, 5.41) is 0.316. The standard InChI is InChI=1S/C25H20ClIN4O5S/c1-29-21-5-3-4-18(26)24(21)36-22-10-14(6-8-19(22)27)15-11-23(32)31(13-15)16-7-9-20(30-37(2,34)35)17(12-16)25(28)33/h3-10,12,15,30H,11,13H2,2H3,(H2,28,33)/t15-/m0/s1. The second-order valence-corrected chi connectivity index (χ2v) is 11.7. The second kappa shape index (κ2) is 10.6. The maximum Gasteiger partial charge on any atom is 0.250 e. The van der Waals surface area contributed by atoms with Crippen molar-refractivity contribution in [2.75, 3.05) is 22.4 Å². The Morgan fingerprint density at radius 3 is 2.68 bits per heavy atom. The molecule has 1 atom stereocenters. The van der Waals surface area contributed by atoms with E-state index >= 15 is 0 Å². The molecule has 190 valence electrons. The molecule has 0 radical (unpaired) electrons. The van der Waals surface area contributed by atoms with Crippen LogP contribution in [-0.2, 0) is 14.8 Å². The van der Waals surface area contributed by atoms with Crippen molar-refractivity contribution < 1.29 is 22.7 Å². The first-order valence-electron chi connectivity index (χ1n) is 10.8. The van der Waals surface area contributed by atoms with Crippen LogP contribution in [0.5, 0.6) is 11.5 Å². The van der Waals surface area contributed by atoms with Gasteiger partial charge >= 0.3 is 0 Å². The number of nitrogens with one attached hydrogen (secondary N) is 1. The van der Waals surface area contributed by atoms with Gasteiger partial charge < -0.3 is 15.4 Å². The minimum Gasteiger partial charge on any atom is -0.466 e. The number of halogens is 2. The second-order valence-electron chi connectivity index (χ2n) is 8.37. The molecule has 9 nitrogen and oxygen atoms in total. The van der Waals surface area contributed by atoms with Crippen LogP contribution in [0.15, 0.2) is 54.6 Å². The maximum atomic E-state index is 12.9. The fourth-order valence-electron chi connectivity index (χ4n) is 4.02. The lowest BCUT2D eigenvalue weighted by molar-refractivity contribution is -0.117. The number of para-hydroxylation sites is 1. The Morgan fingerprint density at radius 1 is 1.24 bits per heavy atom. The Labute approximate surface area is 232 Å². The van der Waals surface area contributed by atoms with E-state index in [-0.39, 0.29) is 40.9 Å². The number of anilines is 2. The number of nitrogens with zero attached hydrogens (tertiary/aromatic N) is 2. The fourth-order valence-corrected chi connectivity index (χ4v) is 5.25. The molecule has 0 saturated carbocycles. The fraction of sp³-hybridized carbons (Fsp3) is 0.160. The highest BCUT2D eigenvalue weighted by Crippen LogP contribution is 2.41. The average Bonchev–Trinajstić information content (AvgIpc) is 3.22. The topological polar surface area (TPSA) is 123 Å². The number of nitrogens with two attached hydrogens (primary N) is 1. The SMILES string of the molecule is [C-]#[N+]c1cccc(Cl)c1Oc1cc([C@H]2CC(=O)N(c3ccc(NS(C)(=O)=O)c(C(N)=O)c3)C2)ccc1I. The first-order chi connectivity index (χ1) is 17.5. The summed E-state index contributed by atoms with van der Waals surface area (Å²) in [4.78, 5) is 29.9. The minimum absolute atomic E-state index is 0.0414. The van der Waals surface area contributed by atoms with Crippen LogP contribution in [0.25, 0.3) is 4.85 Å². The molecule has 37 heavy (non-hydrogen) atoms. The van der Waals surface area contributed by atoms with Gasteiger partial charge in [-0.1, -0.05) is 29.8 Å². The van der Waals surface area contributed by atoms with Gasteiger partial charge in [0.1, 0.15) is 5.75 Å². The lowest BCUT2D eigenvalue weighted by Crippen LogP contribution is -2.25. The van der Waals surface area contributed by atoms with Crippen LogP contribution in [-0.4, -0.2) is 33.0 Å². The van der Waals surface area contributed by atoms with Crippen molar-refractivity contribution in [2.45, 2.75) is 12.3 Å². The normalized spacial score (nSPS) is 15.4. The number of primary amides is 1.